The van der Waals surface area contributed by atoms with Gasteiger partial charge in [-0.25, -0.2) is 0 Å². The maximum atomic E-state index is 6.29. The molecule has 1 aromatic heterocycles. The summed E-state index contributed by atoms with van der Waals surface area (Å²) in [7, 11) is 0. The highest BCUT2D eigenvalue weighted by Crippen LogP contribution is 2.35. The molecule has 2 heteroatoms. The fraction of sp³-hybridized carbons (Fsp3) is 0.0769. The molecule has 74 valence electrons. The molecule has 0 saturated carbocycles. The highest BCUT2D eigenvalue weighted by Gasteiger charge is 2.10. The molecule has 0 unspecified atom stereocenters. The van der Waals surface area contributed by atoms with Crippen molar-refractivity contribution in [3.63, 3.8) is 0 Å². The van der Waals surface area contributed by atoms with Crippen molar-refractivity contribution in [1.82, 2.24) is 0 Å². The molecule has 0 fully saturated rings. The minimum Gasteiger partial charge on any atom is -0.456 e. The molecule has 1 nitrogen and oxygen atoms in total. The number of furan rings is 1. The maximum absolute atomic E-state index is 6.29. The lowest BCUT2D eigenvalue weighted by atomic mass is 10.1. The van der Waals surface area contributed by atoms with E-state index in [9.17, 15) is 0 Å². The van der Waals surface area contributed by atoms with Crippen LogP contribution in [-0.2, 0) is 0 Å². The molecule has 0 radical (unpaired) electrons. The topological polar surface area (TPSA) is 13.1 Å². The van der Waals surface area contributed by atoms with Crippen molar-refractivity contribution in [2.24, 2.45) is 0 Å². The van der Waals surface area contributed by atoms with Crippen molar-refractivity contribution in [3.05, 3.63) is 47.0 Å². The summed E-state index contributed by atoms with van der Waals surface area (Å²) in [4.78, 5) is 0. The number of fused-ring (bicyclic) bond motifs is 3. The summed E-state index contributed by atoms with van der Waals surface area (Å²) < 4.78 is 5.70. The average molecular weight is 217 g/mol. The van der Waals surface area contributed by atoms with Gasteiger partial charge in [0.2, 0.25) is 0 Å². The predicted octanol–water partition coefficient (Wildman–Crippen LogP) is 4.55. The molecule has 0 aliphatic heterocycles. The van der Waals surface area contributed by atoms with Gasteiger partial charge in [-0.2, -0.15) is 0 Å². The molecule has 15 heavy (non-hydrogen) atoms. The molecule has 0 spiro atoms. The van der Waals surface area contributed by atoms with Gasteiger partial charge in [-0.05, 0) is 24.6 Å². The summed E-state index contributed by atoms with van der Waals surface area (Å²) in [5.41, 5.74) is 2.82. The minimum atomic E-state index is 0.789. The van der Waals surface area contributed by atoms with Crippen LogP contribution in [0.2, 0.25) is 5.02 Å². The third kappa shape index (κ3) is 1.17. The summed E-state index contributed by atoms with van der Waals surface area (Å²) in [6.45, 7) is 2.00. The number of hydrogen-bond acceptors (Lipinski definition) is 1. The van der Waals surface area contributed by atoms with Crippen LogP contribution in [0.25, 0.3) is 21.9 Å². The molecule has 3 rings (SSSR count). The summed E-state index contributed by atoms with van der Waals surface area (Å²) in [6.07, 6.45) is 0. The molecule has 2 aromatic carbocycles. The molecule has 0 atom stereocenters. The van der Waals surface area contributed by atoms with Crippen LogP contribution in [0.1, 0.15) is 5.56 Å². The van der Waals surface area contributed by atoms with Crippen LogP contribution < -0.4 is 0 Å². The summed E-state index contributed by atoms with van der Waals surface area (Å²) in [5, 5.41) is 2.89. The van der Waals surface area contributed by atoms with Gasteiger partial charge >= 0.3 is 0 Å². The van der Waals surface area contributed by atoms with E-state index < -0.39 is 0 Å². The second-order valence-electron chi connectivity index (χ2n) is 3.67. The van der Waals surface area contributed by atoms with Crippen molar-refractivity contribution in [3.8, 4) is 0 Å². The quantitative estimate of drug-likeness (QED) is 0.537. The first-order valence-corrected chi connectivity index (χ1v) is 5.21. The second-order valence-corrected chi connectivity index (χ2v) is 4.05. The van der Waals surface area contributed by atoms with E-state index in [1.54, 1.807) is 0 Å². The molecule has 1 heterocycles. The van der Waals surface area contributed by atoms with Crippen molar-refractivity contribution in [2.45, 2.75) is 6.92 Å². The average Bonchev–Trinajstić information content (AvgIpc) is 2.62. The Balaban J connectivity index is 2.63. The second kappa shape index (κ2) is 3.01. The molecule has 0 saturated heterocycles. The number of hydrogen-bond donors (Lipinski definition) is 0. The maximum Gasteiger partial charge on any atom is 0.136 e. The van der Waals surface area contributed by atoms with E-state index in [2.05, 4.69) is 0 Å². The third-order valence-electron chi connectivity index (χ3n) is 2.67. The van der Waals surface area contributed by atoms with Gasteiger partial charge in [-0.3, -0.25) is 0 Å². The Labute approximate surface area is 92.3 Å². The van der Waals surface area contributed by atoms with Gasteiger partial charge in [-0.1, -0.05) is 35.9 Å². The van der Waals surface area contributed by atoms with Crippen LogP contribution in [0.4, 0.5) is 0 Å². The number of para-hydroxylation sites is 1. The van der Waals surface area contributed by atoms with E-state index in [1.807, 2.05) is 43.3 Å². The molecular weight excluding hydrogens is 208 g/mol. The Hall–Kier alpha value is -1.47. The third-order valence-corrected chi connectivity index (χ3v) is 3.16. The lowest BCUT2D eigenvalue weighted by Crippen LogP contribution is -1.75. The zero-order valence-electron chi connectivity index (χ0n) is 8.25. The highest BCUT2D eigenvalue weighted by atomic mass is 35.5. The Morgan fingerprint density at radius 1 is 1.00 bits per heavy atom. The highest BCUT2D eigenvalue weighted by molar-refractivity contribution is 6.38. The van der Waals surface area contributed by atoms with Gasteiger partial charge in [0, 0.05) is 10.8 Å². The number of aryl methyl sites for hydroxylation is 1. The smallest absolute Gasteiger partial charge is 0.136 e. The van der Waals surface area contributed by atoms with Gasteiger partial charge in [-0.15, -0.1) is 0 Å². The Bertz CT molecular complexity index is 652. The molecular formula is C13H9ClO. The first-order valence-electron chi connectivity index (χ1n) is 4.84. The monoisotopic (exact) mass is 216 g/mol. The molecule has 0 amide bonds. The first kappa shape index (κ1) is 8.81. The summed E-state index contributed by atoms with van der Waals surface area (Å²) in [6, 6.07) is 11.9. The van der Waals surface area contributed by atoms with E-state index in [0.717, 1.165) is 32.5 Å². The van der Waals surface area contributed by atoms with E-state index in [4.69, 9.17) is 16.0 Å². The SMILES string of the molecule is Cc1ccc2oc3ccccc3c2c1Cl. The predicted molar refractivity (Wildman–Crippen MR) is 63.5 cm³/mol. The Morgan fingerprint density at radius 3 is 2.67 bits per heavy atom. The lowest BCUT2D eigenvalue weighted by molar-refractivity contribution is 0.669. The zero-order chi connectivity index (χ0) is 10.4. The molecule has 0 aliphatic carbocycles. The van der Waals surface area contributed by atoms with E-state index in [-0.39, 0.29) is 0 Å². The summed E-state index contributed by atoms with van der Waals surface area (Å²) in [5.74, 6) is 0. The van der Waals surface area contributed by atoms with E-state index in [0.29, 0.717) is 0 Å². The van der Waals surface area contributed by atoms with Crippen molar-refractivity contribution < 1.29 is 4.42 Å². The van der Waals surface area contributed by atoms with Crippen molar-refractivity contribution in [1.29, 1.82) is 0 Å². The van der Waals surface area contributed by atoms with Gasteiger partial charge < -0.3 is 4.42 Å². The van der Waals surface area contributed by atoms with Crippen molar-refractivity contribution in [2.75, 3.05) is 0 Å². The zero-order valence-corrected chi connectivity index (χ0v) is 9.01. The minimum absolute atomic E-state index is 0.789. The largest absolute Gasteiger partial charge is 0.456 e. The fourth-order valence-electron chi connectivity index (χ4n) is 1.88. The van der Waals surface area contributed by atoms with Crippen LogP contribution in [0.15, 0.2) is 40.8 Å². The summed E-state index contributed by atoms with van der Waals surface area (Å²) >= 11 is 6.29. The van der Waals surface area contributed by atoms with Gasteiger partial charge in [0.15, 0.2) is 0 Å². The van der Waals surface area contributed by atoms with Gasteiger partial charge in [0.05, 0.1) is 5.02 Å². The lowest BCUT2D eigenvalue weighted by Gasteiger charge is -1.97. The molecule has 0 aliphatic rings. The number of rotatable bonds is 0. The Kier molecular flexibility index (Phi) is 1.77. The van der Waals surface area contributed by atoms with Crippen molar-refractivity contribution >= 4 is 33.5 Å². The van der Waals surface area contributed by atoms with E-state index >= 15 is 0 Å². The fourth-order valence-corrected chi connectivity index (χ4v) is 2.14. The molecule has 0 bridgehead atoms. The van der Waals surface area contributed by atoms with Gasteiger partial charge in [0.25, 0.3) is 0 Å². The van der Waals surface area contributed by atoms with Crippen LogP contribution in [0.3, 0.4) is 0 Å². The normalized spacial score (nSPS) is 11.3. The number of benzene rings is 2. The first-order chi connectivity index (χ1) is 7.27. The molecule has 3 aromatic rings. The van der Waals surface area contributed by atoms with Crippen LogP contribution in [0.5, 0.6) is 0 Å². The standard InChI is InChI=1S/C13H9ClO/c1-8-6-7-11-12(13(8)14)9-4-2-3-5-10(9)15-11/h2-7H,1H3. The van der Waals surface area contributed by atoms with Crippen LogP contribution in [-0.4, -0.2) is 0 Å². The van der Waals surface area contributed by atoms with Gasteiger partial charge in [0.1, 0.15) is 11.2 Å². The van der Waals surface area contributed by atoms with Crippen LogP contribution in [0, 0.1) is 6.92 Å². The molecule has 0 N–H and O–H groups in total. The van der Waals surface area contributed by atoms with Crippen LogP contribution >= 0.6 is 11.6 Å². The van der Waals surface area contributed by atoms with E-state index in [1.165, 1.54) is 0 Å². The number of halogens is 1. The Morgan fingerprint density at radius 2 is 1.80 bits per heavy atom.